The standard InChI is InChI=1S/C10H19NO/c1-10(8-12)5-2-6-11(7-10)9-3-4-9/h9,12H,2-8H2,1H3. The lowest BCUT2D eigenvalue weighted by atomic mass is 9.83. The van der Waals surface area contributed by atoms with Crippen molar-refractivity contribution in [3.05, 3.63) is 0 Å². The Morgan fingerprint density at radius 3 is 2.83 bits per heavy atom. The summed E-state index contributed by atoms with van der Waals surface area (Å²) < 4.78 is 0. The zero-order chi connectivity index (χ0) is 8.60. The van der Waals surface area contributed by atoms with Crippen molar-refractivity contribution >= 4 is 0 Å². The molecule has 1 N–H and O–H groups in total. The molecule has 2 fully saturated rings. The Balaban J connectivity index is 1.93. The van der Waals surface area contributed by atoms with Crippen molar-refractivity contribution in [3.8, 4) is 0 Å². The molecule has 0 radical (unpaired) electrons. The second-order valence-corrected chi connectivity index (χ2v) is 4.77. The first kappa shape index (κ1) is 8.52. The molecule has 2 rings (SSSR count). The molecule has 0 amide bonds. The quantitative estimate of drug-likeness (QED) is 0.672. The van der Waals surface area contributed by atoms with Crippen LogP contribution in [-0.2, 0) is 0 Å². The molecule has 2 aliphatic rings. The summed E-state index contributed by atoms with van der Waals surface area (Å²) in [5, 5.41) is 9.24. The number of piperidine rings is 1. The molecule has 1 saturated carbocycles. The van der Waals surface area contributed by atoms with E-state index in [2.05, 4.69) is 11.8 Å². The van der Waals surface area contributed by atoms with E-state index in [1.165, 1.54) is 32.2 Å². The summed E-state index contributed by atoms with van der Waals surface area (Å²) in [6, 6.07) is 0.871. The highest BCUT2D eigenvalue weighted by Gasteiger charge is 2.37. The molecular formula is C10H19NO. The monoisotopic (exact) mass is 169 g/mol. The van der Waals surface area contributed by atoms with Gasteiger partial charge in [0.2, 0.25) is 0 Å². The zero-order valence-electron chi connectivity index (χ0n) is 7.92. The van der Waals surface area contributed by atoms with Crippen LogP contribution in [-0.4, -0.2) is 35.7 Å². The summed E-state index contributed by atoms with van der Waals surface area (Å²) in [5.74, 6) is 0. The van der Waals surface area contributed by atoms with Gasteiger partial charge in [-0.25, -0.2) is 0 Å². The van der Waals surface area contributed by atoms with E-state index < -0.39 is 0 Å². The van der Waals surface area contributed by atoms with Crippen LogP contribution in [0.3, 0.4) is 0 Å². The van der Waals surface area contributed by atoms with Crippen molar-refractivity contribution < 1.29 is 5.11 Å². The number of hydrogen-bond acceptors (Lipinski definition) is 2. The summed E-state index contributed by atoms with van der Waals surface area (Å²) in [5.41, 5.74) is 0.195. The topological polar surface area (TPSA) is 23.5 Å². The molecule has 1 aliphatic heterocycles. The van der Waals surface area contributed by atoms with E-state index in [9.17, 15) is 5.11 Å². The van der Waals surface area contributed by atoms with E-state index in [0.717, 1.165) is 12.6 Å². The molecule has 1 atom stereocenters. The molecule has 0 aromatic carbocycles. The molecule has 0 bridgehead atoms. The molecule has 0 aromatic heterocycles. The number of aliphatic hydroxyl groups excluding tert-OH is 1. The van der Waals surface area contributed by atoms with Crippen LogP contribution >= 0.6 is 0 Å². The molecule has 1 heterocycles. The van der Waals surface area contributed by atoms with Gasteiger partial charge in [-0.15, -0.1) is 0 Å². The molecule has 0 aromatic rings. The molecular weight excluding hydrogens is 150 g/mol. The minimum Gasteiger partial charge on any atom is -0.396 e. The van der Waals surface area contributed by atoms with Crippen molar-refractivity contribution in [2.75, 3.05) is 19.7 Å². The van der Waals surface area contributed by atoms with Crippen molar-refractivity contribution in [3.63, 3.8) is 0 Å². The fourth-order valence-electron chi connectivity index (χ4n) is 2.24. The lowest BCUT2D eigenvalue weighted by molar-refractivity contribution is 0.0427. The smallest absolute Gasteiger partial charge is 0.0497 e. The first-order valence-corrected chi connectivity index (χ1v) is 5.08. The Labute approximate surface area is 74.6 Å². The van der Waals surface area contributed by atoms with Gasteiger partial charge in [0.25, 0.3) is 0 Å². The highest BCUT2D eigenvalue weighted by Crippen LogP contribution is 2.35. The van der Waals surface area contributed by atoms with Crippen LogP contribution < -0.4 is 0 Å². The van der Waals surface area contributed by atoms with Crippen LogP contribution in [0.15, 0.2) is 0 Å². The fraction of sp³-hybridized carbons (Fsp3) is 1.00. The minimum absolute atomic E-state index is 0.195. The van der Waals surface area contributed by atoms with E-state index >= 15 is 0 Å². The van der Waals surface area contributed by atoms with Crippen LogP contribution in [0.4, 0.5) is 0 Å². The van der Waals surface area contributed by atoms with Gasteiger partial charge in [-0.05, 0) is 32.2 Å². The average Bonchev–Trinajstić information content (AvgIpc) is 2.87. The van der Waals surface area contributed by atoms with Crippen LogP contribution in [0.1, 0.15) is 32.6 Å². The third kappa shape index (κ3) is 1.64. The van der Waals surface area contributed by atoms with E-state index in [4.69, 9.17) is 0 Å². The fourth-order valence-corrected chi connectivity index (χ4v) is 2.24. The molecule has 12 heavy (non-hydrogen) atoms. The van der Waals surface area contributed by atoms with Crippen molar-refractivity contribution in [1.29, 1.82) is 0 Å². The predicted octanol–water partition coefficient (Wildman–Crippen LogP) is 1.24. The Morgan fingerprint density at radius 2 is 2.25 bits per heavy atom. The molecule has 70 valence electrons. The number of rotatable bonds is 2. The van der Waals surface area contributed by atoms with E-state index in [1.807, 2.05) is 0 Å². The molecule has 1 unspecified atom stereocenters. The lowest BCUT2D eigenvalue weighted by Crippen LogP contribution is -2.44. The van der Waals surface area contributed by atoms with Gasteiger partial charge in [-0.3, -0.25) is 4.90 Å². The number of likely N-dealkylation sites (tertiary alicyclic amines) is 1. The van der Waals surface area contributed by atoms with Gasteiger partial charge in [-0.2, -0.15) is 0 Å². The number of aliphatic hydroxyl groups is 1. The SMILES string of the molecule is CC1(CO)CCCN(C2CC2)C1. The summed E-state index contributed by atoms with van der Waals surface area (Å²) >= 11 is 0. The van der Waals surface area contributed by atoms with Gasteiger partial charge in [0.15, 0.2) is 0 Å². The summed E-state index contributed by atoms with van der Waals surface area (Å²) in [7, 11) is 0. The van der Waals surface area contributed by atoms with E-state index in [1.54, 1.807) is 0 Å². The van der Waals surface area contributed by atoms with Crippen LogP contribution in [0.25, 0.3) is 0 Å². The van der Waals surface area contributed by atoms with Crippen molar-refractivity contribution in [2.24, 2.45) is 5.41 Å². The molecule has 1 aliphatic carbocycles. The zero-order valence-corrected chi connectivity index (χ0v) is 7.92. The molecule has 0 spiro atoms. The third-order valence-corrected chi connectivity index (χ3v) is 3.26. The van der Waals surface area contributed by atoms with Crippen LogP contribution in [0.2, 0.25) is 0 Å². The van der Waals surface area contributed by atoms with Crippen molar-refractivity contribution in [1.82, 2.24) is 4.90 Å². The highest BCUT2D eigenvalue weighted by atomic mass is 16.3. The molecule has 1 saturated heterocycles. The van der Waals surface area contributed by atoms with Gasteiger partial charge < -0.3 is 5.11 Å². The second-order valence-electron chi connectivity index (χ2n) is 4.77. The van der Waals surface area contributed by atoms with Gasteiger partial charge in [0.05, 0.1) is 0 Å². The largest absolute Gasteiger partial charge is 0.396 e. The normalized spacial score (nSPS) is 38.5. The number of hydrogen-bond donors (Lipinski definition) is 1. The predicted molar refractivity (Wildman–Crippen MR) is 49.0 cm³/mol. The maximum atomic E-state index is 9.24. The third-order valence-electron chi connectivity index (χ3n) is 3.26. The van der Waals surface area contributed by atoms with Gasteiger partial charge in [0.1, 0.15) is 0 Å². The maximum absolute atomic E-state index is 9.24. The van der Waals surface area contributed by atoms with Gasteiger partial charge in [-0.1, -0.05) is 6.92 Å². The molecule has 2 nitrogen and oxygen atoms in total. The van der Waals surface area contributed by atoms with Gasteiger partial charge in [0, 0.05) is 24.6 Å². The minimum atomic E-state index is 0.195. The van der Waals surface area contributed by atoms with E-state index in [0.29, 0.717) is 6.61 Å². The number of nitrogens with zero attached hydrogens (tertiary/aromatic N) is 1. The summed E-state index contributed by atoms with van der Waals surface area (Å²) in [4.78, 5) is 2.57. The van der Waals surface area contributed by atoms with Crippen LogP contribution in [0, 0.1) is 5.41 Å². The Kier molecular flexibility index (Phi) is 2.13. The Hall–Kier alpha value is -0.0800. The van der Waals surface area contributed by atoms with E-state index in [-0.39, 0.29) is 5.41 Å². The summed E-state index contributed by atoms with van der Waals surface area (Å²) in [6.45, 7) is 4.95. The first-order chi connectivity index (χ1) is 5.73. The van der Waals surface area contributed by atoms with Gasteiger partial charge >= 0.3 is 0 Å². The van der Waals surface area contributed by atoms with Crippen LogP contribution in [0.5, 0.6) is 0 Å². The Morgan fingerprint density at radius 1 is 1.50 bits per heavy atom. The maximum Gasteiger partial charge on any atom is 0.0497 e. The second kappa shape index (κ2) is 3.00. The average molecular weight is 169 g/mol. The summed E-state index contributed by atoms with van der Waals surface area (Å²) in [6.07, 6.45) is 5.25. The molecule has 2 heteroatoms. The Bertz CT molecular complexity index is 167. The first-order valence-electron chi connectivity index (χ1n) is 5.08. The van der Waals surface area contributed by atoms with Crippen molar-refractivity contribution in [2.45, 2.75) is 38.6 Å². The highest BCUT2D eigenvalue weighted by molar-refractivity contribution is 4.91. The lowest BCUT2D eigenvalue weighted by Gasteiger charge is -2.39.